The van der Waals surface area contributed by atoms with Crippen molar-refractivity contribution >= 4 is 18.2 Å². The molecule has 0 radical (unpaired) electrons. The first-order valence-electron chi connectivity index (χ1n) is 6.48. The molecule has 21 heavy (non-hydrogen) atoms. The number of ether oxygens (including phenoxy) is 1. The highest BCUT2D eigenvalue weighted by Crippen LogP contribution is 2.26. The van der Waals surface area contributed by atoms with Crippen LogP contribution in [0.3, 0.4) is 0 Å². The van der Waals surface area contributed by atoms with Gasteiger partial charge in [0, 0.05) is 6.21 Å². The van der Waals surface area contributed by atoms with Gasteiger partial charge in [-0.3, -0.25) is 4.79 Å². The number of phenolic OH excluding ortho intramolecular Hbond substituents is 1. The molecule has 0 aliphatic rings. The molecule has 0 spiro atoms. The Labute approximate surface area is 124 Å². The predicted molar refractivity (Wildman–Crippen MR) is 83.2 cm³/mol. The van der Waals surface area contributed by atoms with E-state index in [-0.39, 0.29) is 11.7 Å². The summed E-state index contributed by atoms with van der Waals surface area (Å²) in [6.45, 7) is 0.357. The van der Waals surface area contributed by atoms with Gasteiger partial charge < -0.3 is 14.3 Å². The van der Waals surface area contributed by atoms with Crippen LogP contribution in [0, 0.1) is 0 Å². The Balaban J connectivity index is 2.51. The molecule has 6 heteroatoms. The van der Waals surface area contributed by atoms with Gasteiger partial charge in [-0.1, -0.05) is 12.1 Å². The monoisotopic (exact) mass is 292 g/mol. The molecule has 1 amide bonds. The number of methoxy groups -OCH3 is 1. The van der Waals surface area contributed by atoms with Gasteiger partial charge in [0.1, 0.15) is 0 Å². The second-order valence-electron chi connectivity index (χ2n) is 5.55. The van der Waals surface area contributed by atoms with E-state index in [0.717, 1.165) is 5.56 Å². The molecule has 0 aromatic heterocycles. The van der Waals surface area contributed by atoms with Crippen molar-refractivity contribution in [3.63, 3.8) is 0 Å². The van der Waals surface area contributed by atoms with E-state index in [4.69, 9.17) is 4.74 Å². The van der Waals surface area contributed by atoms with Gasteiger partial charge >= 0.3 is 0 Å². The number of carbonyl (C=O) groups is 1. The lowest BCUT2D eigenvalue weighted by Gasteiger charge is -2.21. The van der Waals surface area contributed by atoms with E-state index in [1.54, 1.807) is 30.4 Å². The van der Waals surface area contributed by atoms with Gasteiger partial charge in [-0.2, -0.15) is 5.10 Å². The number of quaternary nitrogens is 1. The number of benzene rings is 1. The maximum Gasteiger partial charge on any atom is 0.295 e. The molecule has 1 aromatic carbocycles. The molecule has 1 rings (SSSR count). The summed E-state index contributed by atoms with van der Waals surface area (Å²) in [4.78, 5) is 11.5. The maximum atomic E-state index is 11.5. The molecule has 0 unspecified atom stereocenters. The van der Waals surface area contributed by atoms with E-state index in [9.17, 15) is 9.90 Å². The number of carbonyl (C=O) groups excluding carboxylic acids is 1. The highest BCUT2D eigenvalue weighted by Gasteiger charge is 2.12. The van der Waals surface area contributed by atoms with Gasteiger partial charge in [-0.05, 0) is 23.8 Å². The number of likely N-dealkylation sites (N-methyl/N-ethyl adjacent to an activating group) is 1. The first-order chi connectivity index (χ1) is 9.81. The topological polar surface area (TPSA) is 70.9 Å². The molecule has 1 aromatic rings. The van der Waals surface area contributed by atoms with E-state index in [1.165, 1.54) is 13.3 Å². The molecule has 114 valence electrons. The average Bonchev–Trinajstić information content (AvgIpc) is 2.38. The van der Waals surface area contributed by atoms with E-state index < -0.39 is 0 Å². The number of amides is 1. The van der Waals surface area contributed by atoms with Crippen LogP contribution in [0.15, 0.2) is 29.4 Å². The number of hydrazone groups is 1. The highest BCUT2D eigenvalue weighted by molar-refractivity contribution is 5.81. The molecule has 0 aliphatic heterocycles. The minimum Gasteiger partial charge on any atom is -0.504 e. The third kappa shape index (κ3) is 6.58. The smallest absolute Gasteiger partial charge is 0.295 e. The minimum absolute atomic E-state index is 0.0934. The van der Waals surface area contributed by atoms with Crippen LogP contribution in [0.2, 0.25) is 0 Å². The third-order valence-electron chi connectivity index (χ3n) is 2.46. The average molecular weight is 292 g/mol. The highest BCUT2D eigenvalue weighted by atomic mass is 16.5. The molecular formula is C15H22N3O3+. The number of nitrogens with one attached hydrogen (secondary N) is 1. The second-order valence-corrected chi connectivity index (χ2v) is 5.55. The Hall–Kier alpha value is -2.34. The number of hydrogen-bond acceptors (Lipinski definition) is 4. The fourth-order valence-electron chi connectivity index (χ4n) is 1.57. The SMILES string of the molecule is COc1cc(/C=C/C=N/NC(=O)C[N+](C)(C)C)ccc1O. The summed E-state index contributed by atoms with van der Waals surface area (Å²) >= 11 is 0. The van der Waals surface area contributed by atoms with E-state index in [0.29, 0.717) is 16.8 Å². The van der Waals surface area contributed by atoms with Crippen LogP contribution < -0.4 is 10.2 Å². The molecule has 0 fully saturated rings. The van der Waals surface area contributed by atoms with Crippen molar-refractivity contribution in [1.82, 2.24) is 5.43 Å². The van der Waals surface area contributed by atoms with Gasteiger partial charge in [0.2, 0.25) is 0 Å². The lowest BCUT2D eigenvalue weighted by molar-refractivity contribution is -0.862. The van der Waals surface area contributed by atoms with E-state index >= 15 is 0 Å². The fourth-order valence-corrected chi connectivity index (χ4v) is 1.57. The zero-order valence-electron chi connectivity index (χ0n) is 12.8. The first kappa shape index (κ1) is 16.7. The predicted octanol–water partition coefficient (Wildman–Crippen LogP) is 1.22. The summed E-state index contributed by atoms with van der Waals surface area (Å²) in [5.41, 5.74) is 3.31. The van der Waals surface area contributed by atoms with Gasteiger partial charge in [0.25, 0.3) is 5.91 Å². The Morgan fingerprint density at radius 3 is 2.76 bits per heavy atom. The third-order valence-corrected chi connectivity index (χ3v) is 2.46. The number of rotatable bonds is 6. The Kier molecular flexibility index (Phi) is 5.92. The minimum atomic E-state index is -0.140. The molecule has 2 N–H and O–H groups in total. The zero-order valence-corrected chi connectivity index (χ0v) is 12.8. The van der Waals surface area contributed by atoms with Crippen LogP contribution >= 0.6 is 0 Å². The molecule has 0 atom stereocenters. The lowest BCUT2D eigenvalue weighted by atomic mass is 10.2. The van der Waals surface area contributed by atoms with E-state index in [2.05, 4.69) is 10.5 Å². The normalized spacial score (nSPS) is 12.0. The Morgan fingerprint density at radius 1 is 1.43 bits per heavy atom. The summed E-state index contributed by atoms with van der Waals surface area (Å²) < 4.78 is 5.56. The molecule has 6 nitrogen and oxygen atoms in total. The van der Waals surface area contributed by atoms with Gasteiger partial charge in [-0.15, -0.1) is 0 Å². The number of allylic oxidation sites excluding steroid dienone is 1. The van der Waals surface area contributed by atoms with Crippen LogP contribution in [0.4, 0.5) is 0 Å². The lowest BCUT2D eigenvalue weighted by Crippen LogP contribution is -2.43. The summed E-state index contributed by atoms with van der Waals surface area (Å²) in [6, 6.07) is 5.01. The second kappa shape index (κ2) is 7.44. The molecule has 0 aliphatic carbocycles. The molecule has 0 heterocycles. The zero-order chi connectivity index (χ0) is 15.9. The van der Waals surface area contributed by atoms with Crippen LogP contribution in [-0.2, 0) is 4.79 Å². The number of nitrogens with zero attached hydrogens (tertiary/aromatic N) is 2. The molecule has 0 saturated carbocycles. The fraction of sp³-hybridized carbons (Fsp3) is 0.333. The molecule has 0 bridgehead atoms. The molecule has 0 saturated heterocycles. The van der Waals surface area contributed by atoms with Crippen LogP contribution in [-0.4, -0.2) is 56.5 Å². The summed E-state index contributed by atoms with van der Waals surface area (Å²) in [5.74, 6) is 0.361. The van der Waals surface area contributed by atoms with Crippen LogP contribution in [0.5, 0.6) is 11.5 Å². The maximum absolute atomic E-state index is 11.5. The van der Waals surface area contributed by atoms with Crippen molar-refractivity contribution in [1.29, 1.82) is 0 Å². The van der Waals surface area contributed by atoms with Crippen molar-refractivity contribution < 1.29 is 19.1 Å². The van der Waals surface area contributed by atoms with Gasteiger partial charge in [-0.25, -0.2) is 5.43 Å². The van der Waals surface area contributed by atoms with Crippen LogP contribution in [0.25, 0.3) is 6.08 Å². The number of phenols is 1. The van der Waals surface area contributed by atoms with Gasteiger partial charge in [0.05, 0.1) is 28.3 Å². The van der Waals surface area contributed by atoms with Crippen molar-refractivity contribution in [2.45, 2.75) is 0 Å². The number of aromatic hydroxyl groups is 1. The van der Waals surface area contributed by atoms with Crippen molar-refractivity contribution in [2.75, 3.05) is 34.8 Å². The van der Waals surface area contributed by atoms with E-state index in [1.807, 2.05) is 21.1 Å². The molecular weight excluding hydrogens is 270 g/mol. The summed E-state index contributed by atoms with van der Waals surface area (Å²) in [6.07, 6.45) is 4.97. The number of hydrogen-bond donors (Lipinski definition) is 2. The summed E-state index contributed by atoms with van der Waals surface area (Å²) in [7, 11) is 7.29. The quantitative estimate of drug-likeness (QED) is 0.470. The largest absolute Gasteiger partial charge is 0.504 e. The van der Waals surface area contributed by atoms with Crippen LogP contribution in [0.1, 0.15) is 5.56 Å². The van der Waals surface area contributed by atoms with Crippen molar-refractivity contribution in [3.8, 4) is 11.5 Å². The standard InChI is InChI=1S/C15H21N3O3/c1-18(2,3)11-15(20)17-16-9-5-6-12-7-8-13(19)14(10-12)21-4/h5-10H,11H2,1-4H3,(H-,16,17,19,20)/p+1. The Bertz CT molecular complexity index is 546. The van der Waals surface area contributed by atoms with Gasteiger partial charge in [0.15, 0.2) is 18.0 Å². The Morgan fingerprint density at radius 2 is 2.14 bits per heavy atom. The van der Waals surface area contributed by atoms with Crippen molar-refractivity contribution in [3.05, 3.63) is 29.8 Å². The summed E-state index contributed by atoms with van der Waals surface area (Å²) in [5, 5.41) is 13.3. The van der Waals surface area contributed by atoms with Crippen molar-refractivity contribution in [2.24, 2.45) is 5.10 Å². The first-order valence-corrected chi connectivity index (χ1v) is 6.48.